The van der Waals surface area contributed by atoms with Crippen molar-refractivity contribution >= 4 is 28.8 Å². The van der Waals surface area contributed by atoms with Crippen molar-refractivity contribution in [2.75, 3.05) is 0 Å². The summed E-state index contributed by atoms with van der Waals surface area (Å²) in [5.41, 5.74) is 6.94. The van der Waals surface area contributed by atoms with Gasteiger partial charge in [-0.2, -0.15) is 0 Å². The van der Waals surface area contributed by atoms with Crippen LogP contribution in [0.15, 0.2) is 42.5 Å². The Labute approximate surface area is 121 Å². The molecule has 0 bridgehead atoms. The summed E-state index contributed by atoms with van der Waals surface area (Å²) in [7, 11) is 0. The molecule has 1 atom stereocenters. The normalized spacial score (nSPS) is 12.1. The number of nitrogens with one attached hydrogen (secondary N) is 1. The van der Waals surface area contributed by atoms with Gasteiger partial charge >= 0.3 is 0 Å². The van der Waals surface area contributed by atoms with Crippen LogP contribution in [0.2, 0.25) is 4.34 Å². The molecule has 19 heavy (non-hydrogen) atoms. The van der Waals surface area contributed by atoms with Crippen LogP contribution < -0.4 is 11.1 Å². The maximum absolute atomic E-state index is 11.9. The highest BCUT2D eigenvalue weighted by Gasteiger charge is 2.13. The number of carbonyl (C=O) groups is 1. The molecule has 3 nitrogen and oxygen atoms in total. The molecule has 0 radical (unpaired) electrons. The van der Waals surface area contributed by atoms with Gasteiger partial charge in [-0.1, -0.05) is 41.9 Å². The van der Waals surface area contributed by atoms with Crippen LogP contribution in [0.4, 0.5) is 0 Å². The molecule has 2 rings (SSSR count). The van der Waals surface area contributed by atoms with Crippen molar-refractivity contribution in [2.45, 2.75) is 19.0 Å². The van der Waals surface area contributed by atoms with Crippen molar-refractivity contribution in [3.05, 3.63) is 57.2 Å². The predicted octanol–water partition coefficient (Wildman–Crippen LogP) is 2.59. The highest BCUT2D eigenvalue weighted by atomic mass is 35.5. The smallest absolute Gasteiger partial charge is 0.237 e. The molecule has 1 heterocycles. The van der Waals surface area contributed by atoms with Crippen LogP contribution in [0.3, 0.4) is 0 Å². The van der Waals surface area contributed by atoms with E-state index in [1.165, 1.54) is 11.3 Å². The molecule has 5 heteroatoms. The van der Waals surface area contributed by atoms with Gasteiger partial charge in [-0.05, 0) is 24.1 Å². The quantitative estimate of drug-likeness (QED) is 0.890. The van der Waals surface area contributed by atoms with E-state index in [1.54, 1.807) is 0 Å². The van der Waals surface area contributed by atoms with Crippen LogP contribution in [-0.4, -0.2) is 11.9 Å². The Kier molecular flexibility index (Phi) is 4.96. The molecule has 0 aliphatic carbocycles. The van der Waals surface area contributed by atoms with E-state index in [0.717, 1.165) is 14.8 Å². The van der Waals surface area contributed by atoms with Crippen molar-refractivity contribution in [1.82, 2.24) is 5.32 Å². The maximum atomic E-state index is 11.9. The highest BCUT2D eigenvalue weighted by Crippen LogP contribution is 2.20. The van der Waals surface area contributed by atoms with E-state index in [4.69, 9.17) is 17.3 Å². The van der Waals surface area contributed by atoms with E-state index in [9.17, 15) is 4.79 Å². The number of thiophene rings is 1. The largest absolute Gasteiger partial charge is 0.350 e. The van der Waals surface area contributed by atoms with Crippen molar-refractivity contribution in [3.63, 3.8) is 0 Å². The average molecular weight is 295 g/mol. The zero-order valence-electron chi connectivity index (χ0n) is 10.3. The lowest BCUT2D eigenvalue weighted by Crippen LogP contribution is -2.41. The third-order valence-corrected chi connectivity index (χ3v) is 3.93. The lowest BCUT2D eigenvalue weighted by Gasteiger charge is -2.11. The second-order valence-corrected chi connectivity index (χ2v) is 6.02. The minimum atomic E-state index is -0.530. The number of benzene rings is 1. The molecular weight excluding hydrogens is 280 g/mol. The Hall–Kier alpha value is -1.36. The summed E-state index contributed by atoms with van der Waals surface area (Å²) < 4.78 is 0.720. The fourth-order valence-corrected chi connectivity index (χ4v) is 2.74. The van der Waals surface area contributed by atoms with Gasteiger partial charge in [0, 0.05) is 4.88 Å². The summed E-state index contributed by atoms with van der Waals surface area (Å²) in [6.45, 7) is 0.471. The summed E-state index contributed by atoms with van der Waals surface area (Å²) in [5, 5.41) is 2.82. The molecule has 1 unspecified atom stereocenters. The van der Waals surface area contributed by atoms with Crippen LogP contribution in [0.1, 0.15) is 10.4 Å². The molecule has 0 saturated heterocycles. The van der Waals surface area contributed by atoms with E-state index in [2.05, 4.69) is 5.32 Å². The van der Waals surface area contributed by atoms with Crippen molar-refractivity contribution < 1.29 is 4.79 Å². The number of amides is 1. The molecule has 0 saturated carbocycles. The van der Waals surface area contributed by atoms with Crippen LogP contribution in [0.5, 0.6) is 0 Å². The Bertz CT molecular complexity index is 541. The van der Waals surface area contributed by atoms with Gasteiger partial charge in [0.05, 0.1) is 16.9 Å². The van der Waals surface area contributed by atoms with E-state index >= 15 is 0 Å². The third-order valence-electron chi connectivity index (χ3n) is 2.70. The standard InChI is InChI=1S/C14H15ClN2OS/c15-13-7-6-11(19-13)9-17-14(18)12(16)8-10-4-2-1-3-5-10/h1-7,12H,8-9,16H2,(H,17,18). The molecule has 3 N–H and O–H groups in total. The van der Waals surface area contributed by atoms with Crippen LogP contribution >= 0.6 is 22.9 Å². The molecule has 1 amide bonds. The van der Waals surface area contributed by atoms with Crippen LogP contribution in [0.25, 0.3) is 0 Å². The van der Waals surface area contributed by atoms with Crippen LogP contribution in [0, 0.1) is 0 Å². The van der Waals surface area contributed by atoms with E-state index in [0.29, 0.717) is 13.0 Å². The zero-order valence-corrected chi connectivity index (χ0v) is 11.9. The third kappa shape index (κ3) is 4.35. The number of nitrogens with two attached hydrogens (primary N) is 1. The average Bonchev–Trinajstić information content (AvgIpc) is 2.83. The van der Waals surface area contributed by atoms with Gasteiger partial charge in [0.15, 0.2) is 0 Å². The number of rotatable bonds is 5. The molecule has 0 spiro atoms. The number of hydrogen-bond acceptors (Lipinski definition) is 3. The summed E-state index contributed by atoms with van der Waals surface area (Å²) in [6.07, 6.45) is 0.540. The lowest BCUT2D eigenvalue weighted by atomic mass is 10.1. The first-order valence-electron chi connectivity index (χ1n) is 5.96. The fraction of sp³-hybridized carbons (Fsp3) is 0.214. The Morgan fingerprint density at radius 1 is 1.26 bits per heavy atom. The first-order chi connectivity index (χ1) is 9.15. The number of hydrogen-bond donors (Lipinski definition) is 2. The van der Waals surface area contributed by atoms with Gasteiger partial charge in [0.2, 0.25) is 5.91 Å². The first kappa shape index (κ1) is 14.1. The molecule has 2 aromatic rings. The molecule has 0 fully saturated rings. The van der Waals surface area contributed by atoms with E-state index < -0.39 is 6.04 Å². The minimum Gasteiger partial charge on any atom is -0.350 e. The molecular formula is C14H15ClN2OS. The first-order valence-corrected chi connectivity index (χ1v) is 7.16. The lowest BCUT2D eigenvalue weighted by molar-refractivity contribution is -0.122. The number of carbonyl (C=O) groups excluding carboxylic acids is 1. The zero-order chi connectivity index (χ0) is 13.7. The van der Waals surface area contributed by atoms with Gasteiger partial charge < -0.3 is 11.1 Å². The molecule has 0 aliphatic rings. The van der Waals surface area contributed by atoms with Gasteiger partial charge in [-0.25, -0.2) is 0 Å². The second-order valence-electron chi connectivity index (χ2n) is 4.22. The summed E-state index contributed by atoms with van der Waals surface area (Å²) in [6, 6.07) is 12.9. The van der Waals surface area contributed by atoms with E-state index in [1.807, 2.05) is 42.5 Å². The SMILES string of the molecule is NC(Cc1ccccc1)C(=O)NCc1ccc(Cl)s1. The maximum Gasteiger partial charge on any atom is 0.237 e. The Morgan fingerprint density at radius 3 is 2.63 bits per heavy atom. The van der Waals surface area contributed by atoms with Crippen molar-refractivity contribution in [2.24, 2.45) is 5.73 Å². The van der Waals surface area contributed by atoms with Crippen molar-refractivity contribution in [3.8, 4) is 0 Å². The van der Waals surface area contributed by atoms with Crippen molar-refractivity contribution in [1.29, 1.82) is 0 Å². The second kappa shape index (κ2) is 6.70. The summed E-state index contributed by atoms with van der Waals surface area (Å²) in [5.74, 6) is -0.145. The van der Waals surface area contributed by atoms with E-state index in [-0.39, 0.29) is 5.91 Å². The molecule has 1 aromatic carbocycles. The molecule has 100 valence electrons. The predicted molar refractivity (Wildman–Crippen MR) is 79.3 cm³/mol. The van der Waals surface area contributed by atoms with Gasteiger partial charge in [-0.15, -0.1) is 11.3 Å². The fourth-order valence-electron chi connectivity index (χ4n) is 1.71. The molecule has 1 aromatic heterocycles. The van der Waals surface area contributed by atoms with Crippen LogP contribution in [-0.2, 0) is 17.8 Å². The van der Waals surface area contributed by atoms with Gasteiger partial charge in [-0.3, -0.25) is 4.79 Å². The summed E-state index contributed by atoms with van der Waals surface area (Å²) >= 11 is 7.28. The molecule has 0 aliphatic heterocycles. The minimum absolute atomic E-state index is 0.145. The Morgan fingerprint density at radius 2 is 2.00 bits per heavy atom. The topological polar surface area (TPSA) is 55.1 Å². The highest BCUT2D eigenvalue weighted by molar-refractivity contribution is 7.16. The number of halogens is 1. The Balaban J connectivity index is 1.82. The van der Waals surface area contributed by atoms with Gasteiger partial charge in [0.25, 0.3) is 0 Å². The van der Waals surface area contributed by atoms with Gasteiger partial charge in [0.1, 0.15) is 0 Å². The summed E-state index contributed by atoms with van der Waals surface area (Å²) in [4.78, 5) is 12.9. The monoisotopic (exact) mass is 294 g/mol.